The van der Waals surface area contributed by atoms with Crippen LogP contribution in [0.3, 0.4) is 0 Å². The van der Waals surface area contributed by atoms with Crippen LogP contribution in [0.25, 0.3) is 0 Å². The summed E-state index contributed by atoms with van der Waals surface area (Å²) in [6.07, 6.45) is 0.500. The molecule has 0 saturated heterocycles. The summed E-state index contributed by atoms with van der Waals surface area (Å²) in [5.41, 5.74) is 4.51. The summed E-state index contributed by atoms with van der Waals surface area (Å²) in [6.45, 7) is 1.97. The van der Waals surface area contributed by atoms with Crippen molar-refractivity contribution in [2.24, 2.45) is 0 Å². The van der Waals surface area contributed by atoms with Crippen LogP contribution in [0.1, 0.15) is 34.1 Å². The number of hydrogen-bond acceptors (Lipinski definition) is 7. The molecule has 0 radical (unpaired) electrons. The number of aromatic nitrogens is 1. The molecule has 3 aromatic rings. The summed E-state index contributed by atoms with van der Waals surface area (Å²) in [7, 11) is 0. The van der Waals surface area contributed by atoms with Crippen molar-refractivity contribution in [1.82, 2.24) is 21.1 Å². The largest absolute Gasteiger partial charge is 0.391 e. The van der Waals surface area contributed by atoms with Gasteiger partial charge in [-0.15, -0.1) is 0 Å². The third-order valence-electron chi connectivity index (χ3n) is 5.27. The first-order chi connectivity index (χ1) is 18.9. The Hall–Kier alpha value is -5.00. The first-order valence-corrected chi connectivity index (χ1v) is 11.9. The Balaban J connectivity index is 1.48. The van der Waals surface area contributed by atoms with Crippen molar-refractivity contribution in [3.05, 3.63) is 95.3 Å². The number of carbonyl (C=O) groups excluding carboxylic acids is 3. The number of nitrogens with zero attached hydrogens (tertiary/aromatic N) is 1. The highest BCUT2D eigenvalue weighted by Crippen LogP contribution is 2.09. The van der Waals surface area contributed by atoms with E-state index in [0.29, 0.717) is 17.8 Å². The van der Waals surface area contributed by atoms with Crippen LogP contribution >= 0.6 is 0 Å². The van der Waals surface area contributed by atoms with Gasteiger partial charge >= 0.3 is 0 Å². The van der Waals surface area contributed by atoms with E-state index in [2.05, 4.69) is 44.6 Å². The number of nitrogens with one attached hydrogen (secondary N) is 4. The van der Waals surface area contributed by atoms with E-state index in [1.807, 2.05) is 18.2 Å². The van der Waals surface area contributed by atoms with Crippen molar-refractivity contribution < 1.29 is 24.7 Å². The number of aliphatic hydroxyl groups excluding tert-OH is 1. The third-order valence-corrected chi connectivity index (χ3v) is 5.27. The number of hydroxylamine groups is 1. The van der Waals surface area contributed by atoms with E-state index in [0.717, 1.165) is 11.3 Å². The quantitative estimate of drug-likeness (QED) is 0.139. The fourth-order valence-electron chi connectivity index (χ4n) is 3.26. The summed E-state index contributed by atoms with van der Waals surface area (Å²) in [5.74, 6) is 9.61. The Morgan fingerprint density at radius 2 is 1.56 bits per heavy atom. The molecule has 0 aliphatic heterocycles. The maximum Gasteiger partial charge on any atom is 0.268 e. The van der Waals surface area contributed by atoms with Crippen LogP contribution < -0.4 is 21.4 Å². The summed E-state index contributed by atoms with van der Waals surface area (Å²) >= 11 is 0. The lowest BCUT2D eigenvalue weighted by Crippen LogP contribution is -2.51. The van der Waals surface area contributed by atoms with Gasteiger partial charge in [0, 0.05) is 35.1 Å². The molecule has 0 aliphatic rings. The second kappa shape index (κ2) is 14.7. The highest BCUT2D eigenvalue weighted by atomic mass is 16.5. The predicted molar refractivity (Wildman–Crippen MR) is 144 cm³/mol. The van der Waals surface area contributed by atoms with Gasteiger partial charge in [-0.1, -0.05) is 17.9 Å². The molecule has 2 aromatic carbocycles. The molecule has 10 nitrogen and oxygen atoms in total. The summed E-state index contributed by atoms with van der Waals surface area (Å²) in [5, 5.41) is 26.6. The number of hydrogen-bond donors (Lipinski definition) is 6. The monoisotopic (exact) mass is 525 g/mol. The van der Waals surface area contributed by atoms with Crippen LogP contribution in [0.5, 0.6) is 0 Å². The van der Waals surface area contributed by atoms with E-state index in [-0.39, 0.29) is 18.0 Å². The molecule has 39 heavy (non-hydrogen) atoms. The van der Waals surface area contributed by atoms with Crippen molar-refractivity contribution in [3.8, 4) is 23.7 Å². The van der Waals surface area contributed by atoms with Crippen LogP contribution in [0.4, 0.5) is 5.69 Å². The van der Waals surface area contributed by atoms with Crippen molar-refractivity contribution >= 4 is 23.4 Å². The second-order valence-electron chi connectivity index (χ2n) is 8.30. The minimum Gasteiger partial charge on any atom is -0.391 e. The number of pyridine rings is 1. The van der Waals surface area contributed by atoms with Crippen LogP contribution in [-0.2, 0) is 16.1 Å². The topological polar surface area (TPSA) is 153 Å². The summed E-state index contributed by atoms with van der Waals surface area (Å²) < 4.78 is 0. The van der Waals surface area contributed by atoms with Gasteiger partial charge in [0.15, 0.2) is 0 Å². The highest BCUT2D eigenvalue weighted by molar-refractivity contribution is 5.97. The van der Waals surface area contributed by atoms with Gasteiger partial charge in [0.05, 0.1) is 18.3 Å². The van der Waals surface area contributed by atoms with E-state index in [4.69, 9.17) is 5.21 Å². The van der Waals surface area contributed by atoms with Crippen molar-refractivity contribution in [1.29, 1.82) is 0 Å². The zero-order valence-corrected chi connectivity index (χ0v) is 21.1. The number of anilines is 1. The zero-order valence-electron chi connectivity index (χ0n) is 21.1. The van der Waals surface area contributed by atoms with E-state index in [9.17, 15) is 19.5 Å². The molecule has 0 spiro atoms. The summed E-state index contributed by atoms with van der Waals surface area (Å²) in [6, 6.07) is 17.6. The molecule has 1 heterocycles. The lowest BCUT2D eigenvalue weighted by atomic mass is 10.1. The van der Waals surface area contributed by atoms with Crippen LogP contribution in [0, 0.1) is 23.7 Å². The fourth-order valence-corrected chi connectivity index (χ4v) is 3.26. The molecule has 0 aliphatic carbocycles. The predicted octanol–water partition coefficient (Wildman–Crippen LogP) is 1.20. The zero-order chi connectivity index (χ0) is 28.0. The molecule has 198 valence electrons. The SMILES string of the molecule is CC(O)C(NC(=O)c1ccc(C#CC#Cc2ccc(NC(=O)CNCc3ccccn3)cc2)cc1)C(=O)NO. The molecule has 0 fully saturated rings. The second-order valence-corrected chi connectivity index (χ2v) is 8.30. The maximum absolute atomic E-state index is 12.3. The van der Waals surface area contributed by atoms with E-state index < -0.39 is 24.0 Å². The number of amides is 3. The molecule has 0 saturated carbocycles. The molecular weight excluding hydrogens is 498 g/mol. The van der Waals surface area contributed by atoms with Crippen molar-refractivity contribution in [3.63, 3.8) is 0 Å². The number of rotatable bonds is 9. The van der Waals surface area contributed by atoms with E-state index in [1.165, 1.54) is 24.5 Å². The lowest BCUT2D eigenvalue weighted by Gasteiger charge is -2.19. The number of benzene rings is 2. The summed E-state index contributed by atoms with van der Waals surface area (Å²) in [4.78, 5) is 40.2. The van der Waals surface area contributed by atoms with Gasteiger partial charge < -0.3 is 21.1 Å². The Morgan fingerprint density at radius 1 is 0.923 bits per heavy atom. The lowest BCUT2D eigenvalue weighted by molar-refractivity contribution is -0.133. The third kappa shape index (κ3) is 9.43. The molecule has 2 unspecified atom stereocenters. The minimum atomic E-state index is -1.30. The van der Waals surface area contributed by atoms with E-state index >= 15 is 0 Å². The number of carbonyl (C=O) groups is 3. The molecule has 0 bridgehead atoms. The smallest absolute Gasteiger partial charge is 0.268 e. The van der Waals surface area contributed by atoms with E-state index in [1.54, 1.807) is 42.6 Å². The van der Waals surface area contributed by atoms with Gasteiger partial charge in [-0.05, 0) is 79.4 Å². The first-order valence-electron chi connectivity index (χ1n) is 11.9. The molecular formula is C29H27N5O5. The first kappa shape index (κ1) is 28.6. The average Bonchev–Trinajstić information content (AvgIpc) is 2.95. The van der Waals surface area contributed by atoms with Crippen molar-refractivity contribution in [2.75, 3.05) is 11.9 Å². The van der Waals surface area contributed by atoms with Gasteiger partial charge in [-0.2, -0.15) is 0 Å². The standard InChI is InChI=1S/C29H27N5O5/c1-20(35)27(29(38)34-39)33-28(37)23-13-9-21(10-14-23)6-2-3-7-22-11-15-24(16-12-22)32-26(36)19-30-18-25-8-4-5-17-31-25/h4-5,8-17,20,27,30,35,39H,18-19H2,1H3,(H,32,36)(H,33,37)(H,34,38). The number of aliphatic hydroxyl groups is 1. The van der Waals surface area contributed by atoms with Crippen LogP contribution in [0.2, 0.25) is 0 Å². The molecule has 2 atom stereocenters. The molecule has 6 N–H and O–H groups in total. The normalized spacial score (nSPS) is 11.5. The maximum atomic E-state index is 12.3. The van der Waals surface area contributed by atoms with Gasteiger partial charge in [0.2, 0.25) is 5.91 Å². The van der Waals surface area contributed by atoms with Gasteiger partial charge in [0.1, 0.15) is 6.04 Å². The molecule has 10 heteroatoms. The van der Waals surface area contributed by atoms with Crippen LogP contribution in [0.15, 0.2) is 72.9 Å². The van der Waals surface area contributed by atoms with Crippen LogP contribution in [-0.4, -0.2) is 51.7 Å². The highest BCUT2D eigenvalue weighted by Gasteiger charge is 2.25. The minimum absolute atomic E-state index is 0.155. The van der Waals surface area contributed by atoms with Gasteiger partial charge in [-0.25, -0.2) is 5.48 Å². The Labute approximate surface area is 225 Å². The van der Waals surface area contributed by atoms with Gasteiger partial charge in [-0.3, -0.25) is 24.6 Å². The van der Waals surface area contributed by atoms with Gasteiger partial charge in [0.25, 0.3) is 11.8 Å². The Morgan fingerprint density at radius 3 is 2.13 bits per heavy atom. The Bertz CT molecular complexity index is 1400. The fraction of sp³-hybridized carbons (Fsp3) is 0.172. The molecule has 3 amide bonds. The average molecular weight is 526 g/mol. The molecule has 3 rings (SSSR count). The Kier molecular flexibility index (Phi) is 10.7. The van der Waals surface area contributed by atoms with Crippen molar-refractivity contribution in [2.45, 2.75) is 25.6 Å². The molecule has 1 aromatic heterocycles.